The lowest BCUT2D eigenvalue weighted by molar-refractivity contribution is 0.108. The van der Waals surface area contributed by atoms with Gasteiger partial charge in [0, 0.05) is 31.6 Å². The summed E-state index contributed by atoms with van der Waals surface area (Å²) in [5.41, 5.74) is 6.55. The van der Waals surface area contributed by atoms with Crippen LogP contribution < -0.4 is 5.73 Å². The van der Waals surface area contributed by atoms with E-state index in [0.29, 0.717) is 12.5 Å². The van der Waals surface area contributed by atoms with Crippen LogP contribution in [0.2, 0.25) is 0 Å². The second-order valence-electron chi connectivity index (χ2n) is 4.56. The zero-order valence-corrected chi connectivity index (χ0v) is 9.06. The number of nitrogens with two attached hydrogens (primary N) is 1. The number of aromatic nitrogens is 3. The van der Waals surface area contributed by atoms with Crippen LogP contribution >= 0.6 is 0 Å². The van der Waals surface area contributed by atoms with Crippen molar-refractivity contribution in [2.45, 2.75) is 19.3 Å². The summed E-state index contributed by atoms with van der Waals surface area (Å²) in [7, 11) is 1.84. The summed E-state index contributed by atoms with van der Waals surface area (Å²) in [6.45, 7) is 0.662. The zero-order chi connectivity index (χ0) is 10.9. The first-order valence-electron chi connectivity index (χ1n) is 5.36. The molecule has 1 heterocycles. The SMILES string of the molecule is Cn1cc(CC(CN)(CO)C2CC2)nn1. The Morgan fingerprint density at radius 3 is 2.80 bits per heavy atom. The van der Waals surface area contributed by atoms with E-state index in [1.165, 1.54) is 12.8 Å². The van der Waals surface area contributed by atoms with Crippen LogP contribution in [-0.2, 0) is 13.5 Å². The van der Waals surface area contributed by atoms with Gasteiger partial charge in [-0.05, 0) is 18.8 Å². The molecule has 5 nitrogen and oxygen atoms in total. The van der Waals surface area contributed by atoms with Crippen molar-refractivity contribution in [3.63, 3.8) is 0 Å². The van der Waals surface area contributed by atoms with Gasteiger partial charge in [-0.2, -0.15) is 0 Å². The Kier molecular flexibility index (Phi) is 2.75. The zero-order valence-electron chi connectivity index (χ0n) is 9.06. The van der Waals surface area contributed by atoms with Gasteiger partial charge in [0.15, 0.2) is 0 Å². The highest BCUT2D eigenvalue weighted by Gasteiger charge is 2.44. The van der Waals surface area contributed by atoms with Crippen molar-refractivity contribution < 1.29 is 5.11 Å². The summed E-state index contributed by atoms with van der Waals surface area (Å²) in [6.07, 6.45) is 4.98. The molecule has 1 aliphatic rings. The Labute approximate surface area is 89.3 Å². The van der Waals surface area contributed by atoms with Gasteiger partial charge in [-0.3, -0.25) is 4.68 Å². The number of aliphatic hydroxyl groups excluding tert-OH is 1. The van der Waals surface area contributed by atoms with Crippen molar-refractivity contribution in [3.8, 4) is 0 Å². The molecule has 0 aliphatic heterocycles. The van der Waals surface area contributed by atoms with Gasteiger partial charge in [0.2, 0.25) is 0 Å². The number of hydrogen-bond donors (Lipinski definition) is 2. The monoisotopic (exact) mass is 210 g/mol. The van der Waals surface area contributed by atoms with Crippen molar-refractivity contribution >= 4 is 0 Å². The molecule has 0 spiro atoms. The minimum Gasteiger partial charge on any atom is -0.396 e. The normalized spacial score (nSPS) is 20.2. The van der Waals surface area contributed by atoms with Crippen LogP contribution in [0.1, 0.15) is 18.5 Å². The smallest absolute Gasteiger partial charge is 0.0834 e. The maximum Gasteiger partial charge on any atom is 0.0834 e. The predicted octanol–water partition coefficient (Wildman–Crippen LogP) is -0.295. The van der Waals surface area contributed by atoms with Gasteiger partial charge >= 0.3 is 0 Å². The van der Waals surface area contributed by atoms with E-state index in [4.69, 9.17) is 5.73 Å². The maximum atomic E-state index is 9.52. The van der Waals surface area contributed by atoms with Gasteiger partial charge < -0.3 is 10.8 Å². The third-order valence-electron chi connectivity index (χ3n) is 3.35. The molecular formula is C10H18N4O. The first-order valence-corrected chi connectivity index (χ1v) is 5.36. The fourth-order valence-corrected chi connectivity index (χ4v) is 2.17. The number of rotatable bonds is 5. The lowest BCUT2D eigenvalue weighted by Gasteiger charge is -2.29. The Balaban J connectivity index is 2.12. The summed E-state index contributed by atoms with van der Waals surface area (Å²) in [6, 6.07) is 0. The fraction of sp³-hybridized carbons (Fsp3) is 0.800. The lowest BCUT2D eigenvalue weighted by atomic mass is 9.79. The van der Waals surface area contributed by atoms with E-state index >= 15 is 0 Å². The number of aryl methyl sites for hydroxylation is 1. The van der Waals surface area contributed by atoms with E-state index in [9.17, 15) is 5.11 Å². The van der Waals surface area contributed by atoms with Crippen molar-refractivity contribution in [2.75, 3.05) is 13.2 Å². The Hall–Kier alpha value is -0.940. The van der Waals surface area contributed by atoms with Gasteiger partial charge in [0.1, 0.15) is 0 Å². The molecule has 1 unspecified atom stereocenters. The largest absolute Gasteiger partial charge is 0.396 e. The summed E-state index contributed by atoms with van der Waals surface area (Å²) < 4.78 is 1.68. The Morgan fingerprint density at radius 2 is 2.40 bits per heavy atom. The molecule has 1 aromatic rings. The molecule has 84 valence electrons. The summed E-state index contributed by atoms with van der Waals surface area (Å²) >= 11 is 0. The topological polar surface area (TPSA) is 77.0 Å². The summed E-state index contributed by atoms with van der Waals surface area (Å²) in [4.78, 5) is 0. The average Bonchev–Trinajstić information content (AvgIpc) is 3.01. The number of nitrogens with zero attached hydrogens (tertiary/aromatic N) is 3. The molecule has 1 fully saturated rings. The van der Waals surface area contributed by atoms with Crippen LogP contribution in [0.4, 0.5) is 0 Å². The predicted molar refractivity (Wildman–Crippen MR) is 56.0 cm³/mol. The van der Waals surface area contributed by atoms with Gasteiger partial charge in [-0.15, -0.1) is 5.10 Å². The molecule has 1 atom stereocenters. The van der Waals surface area contributed by atoms with Crippen LogP contribution in [0.15, 0.2) is 6.20 Å². The molecule has 0 amide bonds. The van der Waals surface area contributed by atoms with Crippen LogP contribution in [0, 0.1) is 11.3 Å². The molecule has 0 radical (unpaired) electrons. The van der Waals surface area contributed by atoms with E-state index in [-0.39, 0.29) is 12.0 Å². The minimum absolute atomic E-state index is 0.144. The molecular weight excluding hydrogens is 192 g/mol. The lowest BCUT2D eigenvalue weighted by Crippen LogP contribution is -2.38. The molecule has 0 aromatic carbocycles. The summed E-state index contributed by atoms with van der Waals surface area (Å²) in [5, 5.41) is 17.5. The first kappa shape index (κ1) is 10.6. The molecule has 0 saturated heterocycles. The second-order valence-corrected chi connectivity index (χ2v) is 4.56. The van der Waals surface area contributed by atoms with Crippen molar-refractivity contribution in [1.82, 2.24) is 15.0 Å². The minimum atomic E-state index is -0.171. The summed E-state index contributed by atoms with van der Waals surface area (Å²) in [5.74, 6) is 0.564. The van der Waals surface area contributed by atoms with Gasteiger partial charge in [0.25, 0.3) is 0 Å². The third kappa shape index (κ3) is 2.03. The molecule has 1 aliphatic carbocycles. The maximum absolute atomic E-state index is 9.52. The molecule has 5 heteroatoms. The van der Waals surface area contributed by atoms with E-state index in [0.717, 1.165) is 12.1 Å². The number of aliphatic hydroxyl groups is 1. The van der Waals surface area contributed by atoms with E-state index in [2.05, 4.69) is 10.3 Å². The highest BCUT2D eigenvalue weighted by atomic mass is 16.3. The van der Waals surface area contributed by atoms with Crippen LogP contribution in [0.25, 0.3) is 0 Å². The standard InChI is InChI=1S/C10H18N4O/c1-14-5-9(12-13-14)4-10(6-11,7-15)8-2-3-8/h5,8,15H,2-4,6-7,11H2,1H3. The van der Waals surface area contributed by atoms with Crippen LogP contribution in [0.5, 0.6) is 0 Å². The molecule has 1 saturated carbocycles. The van der Waals surface area contributed by atoms with Crippen molar-refractivity contribution in [1.29, 1.82) is 0 Å². The highest BCUT2D eigenvalue weighted by Crippen LogP contribution is 2.46. The highest BCUT2D eigenvalue weighted by molar-refractivity contribution is 5.04. The van der Waals surface area contributed by atoms with Gasteiger partial charge in [0.05, 0.1) is 12.3 Å². The molecule has 2 rings (SSSR count). The van der Waals surface area contributed by atoms with E-state index in [1.807, 2.05) is 13.2 Å². The van der Waals surface area contributed by atoms with Crippen molar-refractivity contribution in [2.24, 2.45) is 24.1 Å². The molecule has 3 N–H and O–H groups in total. The van der Waals surface area contributed by atoms with Crippen LogP contribution in [-0.4, -0.2) is 33.3 Å². The molecule has 15 heavy (non-hydrogen) atoms. The van der Waals surface area contributed by atoms with Gasteiger partial charge in [-0.25, -0.2) is 0 Å². The second kappa shape index (κ2) is 3.90. The third-order valence-corrected chi connectivity index (χ3v) is 3.35. The first-order chi connectivity index (χ1) is 7.20. The Morgan fingerprint density at radius 1 is 1.67 bits per heavy atom. The molecule has 1 aromatic heterocycles. The molecule has 0 bridgehead atoms. The Bertz CT molecular complexity index is 328. The fourth-order valence-electron chi connectivity index (χ4n) is 2.17. The van der Waals surface area contributed by atoms with Gasteiger partial charge in [-0.1, -0.05) is 5.21 Å². The van der Waals surface area contributed by atoms with E-state index < -0.39 is 0 Å². The quantitative estimate of drug-likeness (QED) is 0.700. The van der Waals surface area contributed by atoms with E-state index in [1.54, 1.807) is 4.68 Å². The number of hydrogen-bond acceptors (Lipinski definition) is 4. The van der Waals surface area contributed by atoms with Crippen LogP contribution in [0.3, 0.4) is 0 Å². The average molecular weight is 210 g/mol. The van der Waals surface area contributed by atoms with Crippen molar-refractivity contribution in [3.05, 3.63) is 11.9 Å².